The fourth-order valence-corrected chi connectivity index (χ4v) is 2.17. The average molecular weight is 291 g/mol. The molecule has 0 aliphatic carbocycles. The summed E-state index contributed by atoms with van der Waals surface area (Å²) in [5.41, 5.74) is 2.67. The zero-order chi connectivity index (χ0) is 15.8. The second-order valence-electron chi connectivity index (χ2n) is 5.38. The summed E-state index contributed by atoms with van der Waals surface area (Å²) in [6.45, 7) is 4.04. The smallest absolute Gasteiger partial charge is 0.227 e. The van der Waals surface area contributed by atoms with Crippen LogP contribution < -0.4 is 5.32 Å². The molecular formula is C20H21NO. The maximum atomic E-state index is 12.0. The van der Waals surface area contributed by atoms with Crippen LogP contribution in [0.3, 0.4) is 0 Å². The van der Waals surface area contributed by atoms with Crippen molar-refractivity contribution in [3.63, 3.8) is 0 Å². The minimum Gasteiger partial charge on any atom is -0.326 e. The van der Waals surface area contributed by atoms with E-state index in [1.165, 1.54) is 0 Å². The molecule has 0 aliphatic heterocycles. The molecule has 0 spiro atoms. The molecule has 0 aromatic heterocycles. The van der Waals surface area contributed by atoms with Crippen LogP contribution in [-0.2, 0) is 4.79 Å². The minimum atomic E-state index is 0.0315. The highest BCUT2D eigenvalue weighted by Crippen LogP contribution is 2.13. The second kappa shape index (κ2) is 8.05. The molecular weight excluding hydrogens is 270 g/mol. The number of carbonyl (C=O) groups is 1. The van der Waals surface area contributed by atoms with Gasteiger partial charge >= 0.3 is 0 Å². The van der Waals surface area contributed by atoms with Gasteiger partial charge in [-0.25, -0.2) is 0 Å². The molecule has 1 N–H and O–H groups in total. The standard InChI is InChI=1S/C20H21NO/c1-3-8-16(2)20(22)21-19-12-7-11-18(15-19)14-13-17-9-5-4-6-10-17/h4-7,9-12,15-16H,3,8H2,1-2H3,(H,21,22). The van der Waals surface area contributed by atoms with Crippen LogP contribution in [0, 0.1) is 17.8 Å². The van der Waals surface area contributed by atoms with E-state index in [0.717, 1.165) is 29.7 Å². The van der Waals surface area contributed by atoms with Gasteiger partial charge in [0.25, 0.3) is 0 Å². The molecule has 22 heavy (non-hydrogen) atoms. The number of carbonyl (C=O) groups excluding carboxylic acids is 1. The van der Waals surface area contributed by atoms with Gasteiger partial charge in [-0.1, -0.05) is 56.4 Å². The highest BCUT2D eigenvalue weighted by Gasteiger charge is 2.11. The molecule has 0 saturated heterocycles. The van der Waals surface area contributed by atoms with E-state index in [9.17, 15) is 4.79 Å². The molecule has 2 aromatic rings. The third-order valence-electron chi connectivity index (χ3n) is 3.42. The number of benzene rings is 2. The Morgan fingerprint density at radius 3 is 2.45 bits per heavy atom. The van der Waals surface area contributed by atoms with Gasteiger partial charge in [0.1, 0.15) is 0 Å². The van der Waals surface area contributed by atoms with E-state index in [0.29, 0.717) is 0 Å². The number of rotatable bonds is 4. The van der Waals surface area contributed by atoms with Gasteiger partial charge in [-0.3, -0.25) is 4.79 Å². The van der Waals surface area contributed by atoms with Crippen molar-refractivity contribution in [2.45, 2.75) is 26.7 Å². The Kier molecular flexibility index (Phi) is 5.80. The molecule has 0 aliphatic rings. The first kappa shape index (κ1) is 15.9. The maximum absolute atomic E-state index is 12.0. The lowest BCUT2D eigenvalue weighted by Crippen LogP contribution is -2.20. The van der Waals surface area contributed by atoms with Crippen LogP contribution in [0.4, 0.5) is 5.69 Å². The number of hydrogen-bond acceptors (Lipinski definition) is 1. The summed E-state index contributed by atoms with van der Waals surface area (Å²) in [5, 5.41) is 2.96. The van der Waals surface area contributed by atoms with Crippen LogP contribution in [0.2, 0.25) is 0 Å². The van der Waals surface area contributed by atoms with Gasteiger partial charge in [-0.05, 0) is 36.8 Å². The van der Waals surface area contributed by atoms with Crippen molar-refractivity contribution in [1.29, 1.82) is 0 Å². The van der Waals surface area contributed by atoms with Crippen molar-refractivity contribution in [2.24, 2.45) is 5.92 Å². The van der Waals surface area contributed by atoms with E-state index < -0.39 is 0 Å². The van der Waals surface area contributed by atoms with Crippen LogP contribution in [0.1, 0.15) is 37.8 Å². The molecule has 1 unspecified atom stereocenters. The predicted molar refractivity (Wildman–Crippen MR) is 91.6 cm³/mol. The summed E-state index contributed by atoms with van der Waals surface area (Å²) in [4.78, 5) is 12.0. The van der Waals surface area contributed by atoms with Gasteiger partial charge < -0.3 is 5.32 Å². The van der Waals surface area contributed by atoms with Crippen LogP contribution in [0.25, 0.3) is 0 Å². The number of amides is 1. The molecule has 2 aromatic carbocycles. The minimum absolute atomic E-state index is 0.0315. The van der Waals surface area contributed by atoms with Gasteiger partial charge in [-0.2, -0.15) is 0 Å². The topological polar surface area (TPSA) is 29.1 Å². The summed E-state index contributed by atoms with van der Waals surface area (Å²) < 4.78 is 0. The average Bonchev–Trinajstić information content (AvgIpc) is 2.54. The molecule has 2 heteroatoms. The first-order valence-corrected chi connectivity index (χ1v) is 7.67. The van der Waals surface area contributed by atoms with Crippen molar-refractivity contribution in [1.82, 2.24) is 0 Å². The lowest BCUT2D eigenvalue weighted by atomic mass is 10.1. The molecule has 0 bridgehead atoms. The molecule has 0 fully saturated rings. The zero-order valence-electron chi connectivity index (χ0n) is 13.1. The van der Waals surface area contributed by atoms with E-state index in [1.54, 1.807) is 0 Å². The Hall–Kier alpha value is -2.53. The Bertz CT molecular complexity index is 680. The maximum Gasteiger partial charge on any atom is 0.227 e. The molecule has 2 rings (SSSR count). The summed E-state index contributed by atoms with van der Waals surface area (Å²) in [5.74, 6) is 6.35. The van der Waals surface area contributed by atoms with Crippen LogP contribution in [0.5, 0.6) is 0 Å². The van der Waals surface area contributed by atoms with Gasteiger partial charge in [0.2, 0.25) is 5.91 Å². The van der Waals surface area contributed by atoms with Crippen LogP contribution >= 0.6 is 0 Å². The number of nitrogens with one attached hydrogen (secondary N) is 1. The van der Waals surface area contributed by atoms with Crippen molar-refractivity contribution >= 4 is 11.6 Å². The predicted octanol–water partition coefficient (Wildman–Crippen LogP) is 4.46. The summed E-state index contributed by atoms with van der Waals surface area (Å²) in [6.07, 6.45) is 1.91. The van der Waals surface area contributed by atoms with Crippen LogP contribution in [0.15, 0.2) is 54.6 Å². The molecule has 1 atom stereocenters. The first-order valence-electron chi connectivity index (χ1n) is 7.67. The summed E-state index contributed by atoms with van der Waals surface area (Å²) >= 11 is 0. The molecule has 1 amide bonds. The van der Waals surface area contributed by atoms with E-state index in [4.69, 9.17) is 0 Å². The van der Waals surface area contributed by atoms with Gasteiger partial charge in [0, 0.05) is 22.7 Å². The molecule has 0 heterocycles. The van der Waals surface area contributed by atoms with Gasteiger partial charge in [0.15, 0.2) is 0 Å². The Morgan fingerprint density at radius 1 is 1.05 bits per heavy atom. The molecule has 2 nitrogen and oxygen atoms in total. The van der Waals surface area contributed by atoms with E-state index in [2.05, 4.69) is 24.1 Å². The monoisotopic (exact) mass is 291 g/mol. The largest absolute Gasteiger partial charge is 0.326 e. The van der Waals surface area contributed by atoms with E-state index >= 15 is 0 Å². The molecule has 0 saturated carbocycles. The Labute approximate surface area is 132 Å². The second-order valence-corrected chi connectivity index (χ2v) is 5.38. The third-order valence-corrected chi connectivity index (χ3v) is 3.42. The van der Waals surface area contributed by atoms with Gasteiger partial charge in [-0.15, -0.1) is 0 Å². The van der Waals surface area contributed by atoms with Crippen molar-refractivity contribution < 1.29 is 4.79 Å². The lowest BCUT2D eigenvalue weighted by Gasteiger charge is -2.11. The fraction of sp³-hybridized carbons (Fsp3) is 0.250. The summed E-state index contributed by atoms with van der Waals surface area (Å²) in [7, 11) is 0. The van der Waals surface area contributed by atoms with Crippen molar-refractivity contribution in [3.05, 3.63) is 65.7 Å². The van der Waals surface area contributed by atoms with Crippen molar-refractivity contribution in [2.75, 3.05) is 5.32 Å². The Balaban J connectivity index is 2.08. The normalized spacial score (nSPS) is 11.2. The first-order chi connectivity index (χ1) is 10.7. The van der Waals surface area contributed by atoms with Gasteiger partial charge in [0.05, 0.1) is 0 Å². The zero-order valence-corrected chi connectivity index (χ0v) is 13.1. The number of anilines is 1. The number of hydrogen-bond donors (Lipinski definition) is 1. The summed E-state index contributed by atoms with van der Waals surface area (Å²) in [6, 6.07) is 17.5. The molecule has 112 valence electrons. The quantitative estimate of drug-likeness (QED) is 0.828. The highest BCUT2D eigenvalue weighted by atomic mass is 16.1. The fourth-order valence-electron chi connectivity index (χ4n) is 2.17. The van der Waals surface area contributed by atoms with Crippen LogP contribution in [-0.4, -0.2) is 5.91 Å². The highest BCUT2D eigenvalue weighted by molar-refractivity contribution is 5.92. The van der Waals surface area contributed by atoms with E-state index in [1.807, 2.05) is 61.5 Å². The molecule has 0 radical (unpaired) electrons. The lowest BCUT2D eigenvalue weighted by molar-refractivity contribution is -0.119. The van der Waals surface area contributed by atoms with Crippen molar-refractivity contribution in [3.8, 4) is 11.8 Å². The Morgan fingerprint density at radius 2 is 1.73 bits per heavy atom. The SMILES string of the molecule is CCCC(C)C(=O)Nc1cccc(C#Cc2ccccc2)c1. The van der Waals surface area contributed by atoms with E-state index in [-0.39, 0.29) is 11.8 Å². The third kappa shape index (κ3) is 4.79.